The van der Waals surface area contributed by atoms with Crippen LogP contribution in [0, 0.1) is 0 Å². The summed E-state index contributed by atoms with van der Waals surface area (Å²) in [6.45, 7) is 19.7. The number of hydrogen-bond donors (Lipinski definition) is 0. The monoisotopic (exact) mass is 1930 g/mol. The van der Waals surface area contributed by atoms with Crippen LogP contribution in [0.1, 0.15) is 180 Å². The van der Waals surface area contributed by atoms with Gasteiger partial charge in [-0.1, -0.05) is 346 Å². The van der Waals surface area contributed by atoms with E-state index in [4.69, 9.17) is 23.1 Å². The predicted octanol–water partition coefficient (Wildman–Crippen LogP) is 28.1. The number of rotatable bonds is 13. The Morgan fingerprint density at radius 2 is 0.633 bits per heavy atom. The fraction of sp³-hybridized carbons (Fsp3) is 0.274. The third-order valence-corrected chi connectivity index (χ3v) is 27.3. The van der Waals surface area contributed by atoms with Crippen molar-refractivity contribution in [1.82, 2.24) is 0 Å². The van der Waals surface area contributed by atoms with Gasteiger partial charge >= 0.3 is 66.1 Å². The number of Topliss-reactive ketones (excluding diaryl/α,β-unsaturated/α-hetero) is 2. The Morgan fingerprint density at radius 1 is 0.383 bits per heavy atom. The van der Waals surface area contributed by atoms with Gasteiger partial charge in [-0.05, 0) is 281 Å². The molecule has 0 aromatic heterocycles. The number of ether oxygens (including phenoxy) is 1. The Kier molecular flexibility index (Phi) is 36.7. The van der Waals surface area contributed by atoms with E-state index >= 15 is 0 Å². The number of benzene rings is 14. The zero-order chi connectivity index (χ0) is 89.5. The van der Waals surface area contributed by atoms with Crippen LogP contribution in [0.4, 0.5) is 0 Å². The van der Waals surface area contributed by atoms with E-state index in [2.05, 4.69) is 361 Å². The second kappa shape index (κ2) is 47.4. The number of halogens is 3. The van der Waals surface area contributed by atoms with Crippen LogP contribution in [0.15, 0.2) is 321 Å². The molecule has 5 aliphatic rings. The van der Waals surface area contributed by atoms with Crippen molar-refractivity contribution in [3.05, 3.63) is 349 Å². The molecule has 0 spiro atoms. The van der Waals surface area contributed by atoms with Crippen LogP contribution in [0.3, 0.4) is 0 Å². The van der Waals surface area contributed by atoms with Crippen LogP contribution in [0.2, 0.25) is 0 Å². The van der Waals surface area contributed by atoms with Crippen LogP contribution >= 0.6 is 55.4 Å². The molecule has 19 rings (SSSR count). The summed E-state index contributed by atoms with van der Waals surface area (Å²) in [7, 11) is -3.32. The van der Waals surface area contributed by atoms with Gasteiger partial charge < -0.3 is 28.2 Å². The molecule has 0 unspecified atom stereocenters. The van der Waals surface area contributed by atoms with E-state index in [0.29, 0.717) is 45.1 Å². The van der Waals surface area contributed by atoms with Crippen molar-refractivity contribution in [2.45, 2.75) is 175 Å². The third kappa shape index (κ3) is 28.3. The molecule has 128 heavy (non-hydrogen) atoms. The zero-order valence-corrected chi connectivity index (χ0v) is 84.5. The van der Waals surface area contributed by atoms with Crippen molar-refractivity contribution in [2.24, 2.45) is 0 Å². The predicted molar refractivity (Wildman–Crippen MR) is 545 cm³/mol. The summed E-state index contributed by atoms with van der Waals surface area (Å²) in [5, 5.41) is 25.3. The van der Waals surface area contributed by atoms with E-state index in [0.717, 1.165) is 63.3 Å². The molecular weight excluding hydrogens is 1820 g/mol. The van der Waals surface area contributed by atoms with Crippen LogP contribution in [-0.2, 0) is 43.4 Å². The van der Waals surface area contributed by atoms with Gasteiger partial charge in [-0.3, -0.25) is 14.2 Å². The van der Waals surface area contributed by atoms with Crippen molar-refractivity contribution in [2.75, 3.05) is 26.4 Å². The van der Waals surface area contributed by atoms with Crippen molar-refractivity contribution in [3.63, 3.8) is 0 Å². The Bertz CT molecular complexity index is 5790. The van der Waals surface area contributed by atoms with Gasteiger partial charge in [0.15, 0.2) is 0 Å². The van der Waals surface area contributed by atoms with Gasteiger partial charge in [-0.2, -0.15) is 0 Å². The number of ketones is 2. The van der Waals surface area contributed by atoms with Crippen molar-refractivity contribution in [3.8, 4) is 22.3 Å². The van der Waals surface area contributed by atoms with E-state index in [-0.39, 0.29) is 81.3 Å². The number of allylic oxidation sites excluding steroid dienone is 4. The SMILES string of the molecule is Brc1ccc(C=C2CCC(=Cc3ccc(Br)cc3)CC2)cc1.C(=C1CCC(=Cc2ccc(-c3c4ccccc4cc4ccccc34)cc2)CC1)c1ccc(-c2c3ccccc3cc3ccccc23)cc1.C1CCOC1.CC(C)(C)[O-].CC1(C)OB(c2c3ccccc3cc3ccccc23)OC1(C)C.CCOP(=O)(Cc1ccc(Br)cc1)OCC.O=C1CCC(=O)CC1.[K+]. The summed E-state index contributed by atoms with van der Waals surface area (Å²) >= 11 is 10.3. The number of hydrogen-bond acceptors (Lipinski definition) is 9. The largest absolute Gasteiger partial charge is 1.00 e. The molecule has 0 radical (unpaired) electrons. The molecular formula is C113H116BBr3KO9P. The van der Waals surface area contributed by atoms with Crippen molar-refractivity contribution in [1.29, 1.82) is 0 Å². The molecule has 15 heteroatoms. The molecule has 3 saturated carbocycles. The average Bonchev–Trinajstić information content (AvgIpc) is 1.53. The molecule has 3 aliphatic carbocycles. The molecule has 0 bridgehead atoms. The molecule has 5 fully saturated rings. The van der Waals surface area contributed by atoms with Gasteiger partial charge in [0, 0.05) is 52.3 Å². The zero-order valence-electron chi connectivity index (χ0n) is 75.7. The number of carbonyl (C=O) groups is 2. The Morgan fingerprint density at radius 3 is 0.898 bits per heavy atom. The fourth-order valence-corrected chi connectivity index (χ4v) is 19.0. The normalized spacial score (nSPS) is 15.3. The maximum Gasteiger partial charge on any atom is 1.00 e. The summed E-state index contributed by atoms with van der Waals surface area (Å²) in [5.74, 6) is 0.481. The van der Waals surface area contributed by atoms with Gasteiger partial charge in [0.2, 0.25) is 0 Å². The molecule has 2 heterocycles. The molecule has 0 atom stereocenters. The van der Waals surface area contributed by atoms with Gasteiger partial charge in [0.05, 0.1) is 30.6 Å². The maximum absolute atomic E-state index is 12.2. The first kappa shape index (κ1) is 99.1. The fourth-order valence-electron chi connectivity index (χ4n) is 16.5. The Hall–Kier alpha value is -7.93. The molecule has 0 amide bonds. The van der Waals surface area contributed by atoms with E-state index in [1.165, 1.54) is 148 Å². The summed E-state index contributed by atoms with van der Waals surface area (Å²) in [6, 6.07) is 102. The smallest absolute Gasteiger partial charge is 0.850 e. The van der Waals surface area contributed by atoms with Crippen molar-refractivity contribution >= 4 is 168 Å². The summed E-state index contributed by atoms with van der Waals surface area (Å²) in [6.07, 6.45) is 23.6. The molecule has 14 aromatic carbocycles. The topological polar surface area (TPSA) is 120 Å². The molecule has 0 N–H and O–H groups in total. The van der Waals surface area contributed by atoms with Crippen molar-refractivity contribution < 1.29 is 93.7 Å². The molecule has 2 aliphatic heterocycles. The number of carbonyl (C=O) groups excluding carboxylic acids is 2. The second-order valence-electron chi connectivity index (χ2n) is 35.0. The van der Waals surface area contributed by atoms with Crippen LogP contribution in [0.25, 0.3) is 111 Å². The Balaban J connectivity index is 0.000000156. The summed E-state index contributed by atoms with van der Waals surface area (Å²) in [4.78, 5) is 20.9. The minimum absolute atomic E-state index is 0. The van der Waals surface area contributed by atoms with Crippen LogP contribution in [-0.4, -0.2) is 61.9 Å². The van der Waals surface area contributed by atoms with Gasteiger partial charge in [0.25, 0.3) is 0 Å². The van der Waals surface area contributed by atoms with E-state index in [9.17, 15) is 19.3 Å². The third-order valence-electron chi connectivity index (χ3n) is 23.7. The summed E-state index contributed by atoms with van der Waals surface area (Å²) < 4.78 is 43.6. The molecule has 14 aromatic rings. The van der Waals surface area contributed by atoms with Gasteiger partial charge in [-0.15, -0.1) is 5.60 Å². The number of fused-ring (bicyclic) bond motifs is 6. The minimum Gasteiger partial charge on any atom is -0.850 e. The first-order valence-corrected chi connectivity index (χ1v) is 48.8. The minimum atomic E-state index is -2.97. The van der Waals surface area contributed by atoms with Gasteiger partial charge in [0.1, 0.15) is 11.6 Å². The van der Waals surface area contributed by atoms with E-state index in [1.54, 1.807) is 43.1 Å². The van der Waals surface area contributed by atoms with Crippen LogP contribution < -0.4 is 62.0 Å². The maximum atomic E-state index is 12.2. The first-order valence-electron chi connectivity index (χ1n) is 44.7. The first-order chi connectivity index (χ1) is 61.2. The van der Waals surface area contributed by atoms with E-state index < -0.39 is 13.2 Å². The van der Waals surface area contributed by atoms with Crippen LogP contribution in [0.5, 0.6) is 0 Å². The molecule has 2 saturated heterocycles. The van der Waals surface area contributed by atoms with E-state index in [1.807, 2.05) is 38.1 Å². The second-order valence-corrected chi connectivity index (χ2v) is 39.8. The Labute approximate surface area is 826 Å². The summed E-state index contributed by atoms with van der Waals surface area (Å²) in [5.41, 5.74) is 17.3. The average molecular weight is 1940 g/mol. The quantitative estimate of drug-likeness (QED) is 0.0631. The standard InChI is InChI=1S/C48H36.C20H21BO2.C20H18Br2.C11H16BrO3P.C6H8O2.C4H8O.C4H9O.K/c1-5-13-43-39(9-1)31-40-10-2-6-14-44(40)47(43)37-25-21-35(22-26-37)29-33-17-19-34(20-18-33)30-36-23-27-38(28-24-36)48-45-15-7-3-11-41(45)32-42-12-4-8-16-46(42)48;1-19(2)20(3,4)23-21(22-19)18-16-11-7-5-9-14(16)13-15-10-6-8-12-17(15)18;21-19-9-5-17(6-10-19)13-15-1-2-16(4-3-15)14-18-7-11-20(22)12-8-18;1-3-14-16(13,15-4-2)9-10-5-7-11(12)8-6-10;7-5-1-2-6(8)4-3-5;1-2-4-5-3-1;1-4(2,3)5;/h1-16,21-32H,17-20H2;5-13H,1-4H3;5-14H,1-4H2;5-8H,3-4,9H2,1-2H3;1-4H2;1-4H2;1-3H3;/q;;;;;;-1;+1. The molecule has 652 valence electrons. The van der Waals surface area contributed by atoms with Gasteiger partial charge in [-0.25, -0.2) is 0 Å². The molecule has 9 nitrogen and oxygen atoms in total.